The van der Waals surface area contributed by atoms with Crippen LogP contribution in [0, 0.1) is 12.8 Å². The summed E-state index contributed by atoms with van der Waals surface area (Å²) in [5, 5.41) is 9.48. The smallest absolute Gasteiger partial charge is 0.0477 e. The van der Waals surface area contributed by atoms with E-state index in [-0.39, 0.29) is 5.54 Å². The highest BCUT2D eigenvalue weighted by Gasteiger charge is 2.39. The van der Waals surface area contributed by atoms with Gasteiger partial charge in [-0.25, -0.2) is 0 Å². The molecule has 19 heavy (non-hydrogen) atoms. The largest absolute Gasteiger partial charge is 0.396 e. The Kier molecular flexibility index (Phi) is 3.91. The van der Waals surface area contributed by atoms with E-state index in [1.54, 1.807) is 0 Å². The average molecular weight is 261 g/mol. The minimum absolute atomic E-state index is 0.128. The quantitative estimate of drug-likeness (QED) is 0.896. The van der Waals surface area contributed by atoms with Gasteiger partial charge in [0.2, 0.25) is 0 Å². The SMILES string of the molecule is Cc1cccc(C(C)C)c1N1CC(CO)CC1(C)C. The molecule has 0 bridgehead atoms. The van der Waals surface area contributed by atoms with E-state index in [0.717, 1.165) is 13.0 Å². The zero-order valence-corrected chi connectivity index (χ0v) is 12.9. The zero-order valence-electron chi connectivity index (χ0n) is 12.9. The second kappa shape index (κ2) is 5.16. The maximum absolute atomic E-state index is 9.48. The third kappa shape index (κ3) is 2.64. The molecule has 2 nitrogen and oxygen atoms in total. The van der Waals surface area contributed by atoms with Gasteiger partial charge in [-0.1, -0.05) is 32.0 Å². The first-order valence-corrected chi connectivity index (χ1v) is 7.35. The van der Waals surface area contributed by atoms with E-state index >= 15 is 0 Å². The molecule has 0 aromatic heterocycles. The Balaban J connectivity index is 2.47. The molecule has 0 spiro atoms. The number of hydrogen-bond donors (Lipinski definition) is 1. The van der Waals surface area contributed by atoms with Crippen LogP contribution in [0.25, 0.3) is 0 Å². The summed E-state index contributed by atoms with van der Waals surface area (Å²) in [5.74, 6) is 0.925. The maximum Gasteiger partial charge on any atom is 0.0477 e. The lowest BCUT2D eigenvalue weighted by Gasteiger charge is -2.37. The van der Waals surface area contributed by atoms with Crippen LogP contribution in [0.2, 0.25) is 0 Å². The van der Waals surface area contributed by atoms with Crippen molar-refractivity contribution in [1.29, 1.82) is 0 Å². The van der Waals surface area contributed by atoms with Crippen molar-refractivity contribution in [3.63, 3.8) is 0 Å². The maximum atomic E-state index is 9.48. The molecule has 1 fully saturated rings. The molecule has 1 aliphatic rings. The fraction of sp³-hybridized carbons (Fsp3) is 0.647. The fourth-order valence-corrected chi connectivity index (χ4v) is 3.42. The fourth-order valence-electron chi connectivity index (χ4n) is 3.42. The molecule has 1 unspecified atom stereocenters. The van der Waals surface area contributed by atoms with Gasteiger partial charge >= 0.3 is 0 Å². The highest BCUT2D eigenvalue weighted by atomic mass is 16.3. The van der Waals surface area contributed by atoms with Gasteiger partial charge in [0.05, 0.1) is 0 Å². The van der Waals surface area contributed by atoms with Crippen molar-refractivity contribution in [1.82, 2.24) is 0 Å². The lowest BCUT2D eigenvalue weighted by atomic mass is 9.93. The molecular formula is C17H27NO. The molecular weight excluding hydrogens is 234 g/mol. The average Bonchev–Trinajstić information content (AvgIpc) is 2.64. The third-order valence-corrected chi connectivity index (χ3v) is 4.38. The van der Waals surface area contributed by atoms with Crippen molar-refractivity contribution >= 4 is 5.69 Å². The summed E-state index contributed by atoms with van der Waals surface area (Å²) in [6.07, 6.45) is 1.06. The van der Waals surface area contributed by atoms with Gasteiger partial charge in [-0.15, -0.1) is 0 Å². The topological polar surface area (TPSA) is 23.5 Å². The Morgan fingerprint density at radius 1 is 1.37 bits per heavy atom. The second-order valence-electron chi connectivity index (χ2n) is 6.84. The van der Waals surface area contributed by atoms with Crippen molar-refractivity contribution in [2.45, 2.75) is 52.5 Å². The molecule has 1 saturated heterocycles. The predicted molar refractivity (Wildman–Crippen MR) is 81.9 cm³/mol. The van der Waals surface area contributed by atoms with Crippen LogP contribution in [0.5, 0.6) is 0 Å². The highest BCUT2D eigenvalue weighted by Crippen LogP contribution is 2.41. The molecule has 2 heteroatoms. The van der Waals surface area contributed by atoms with Crippen LogP contribution >= 0.6 is 0 Å². The summed E-state index contributed by atoms with van der Waals surface area (Å²) in [6.45, 7) is 12.6. The first-order chi connectivity index (χ1) is 8.86. The molecule has 0 aliphatic carbocycles. The van der Waals surface area contributed by atoms with E-state index < -0.39 is 0 Å². The van der Waals surface area contributed by atoms with E-state index in [4.69, 9.17) is 0 Å². The standard InChI is InChI=1S/C17H27NO/c1-12(2)15-8-6-7-13(3)16(15)18-10-14(11-19)9-17(18,4)5/h6-8,12,14,19H,9-11H2,1-5H3. The Bertz CT molecular complexity index is 451. The van der Waals surface area contributed by atoms with E-state index in [2.05, 4.69) is 57.7 Å². The molecule has 0 saturated carbocycles. The summed E-state index contributed by atoms with van der Waals surface area (Å²) in [7, 11) is 0. The van der Waals surface area contributed by atoms with Crippen molar-refractivity contribution in [2.75, 3.05) is 18.1 Å². The molecule has 2 rings (SSSR count). The minimum Gasteiger partial charge on any atom is -0.396 e. The van der Waals surface area contributed by atoms with Crippen molar-refractivity contribution in [3.05, 3.63) is 29.3 Å². The van der Waals surface area contributed by atoms with Gasteiger partial charge in [0.15, 0.2) is 0 Å². The zero-order chi connectivity index (χ0) is 14.2. The van der Waals surface area contributed by atoms with E-state index in [9.17, 15) is 5.11 Å². The van der Waals surface area contributed by atoms with Gasteiger partial charge in [0, 0.05) is 30.3 Å². The van der Waals surface area contributed by atoms with E-state index in [1.165, 1.54) is 16.8 Å². The normalized spacial score (nSPS) is 22.3. The molecule has 1 aliphatic heterocycles. The lowest BCUT2D eigenvalue weighted by molar-refractivity contribution is 0.232. The first kappa shape index (κ1) is 14.4. The van der Waals surface area contributed by atoms with Gasteiger partial charge in [-0.05, 0) is 44.2 Å². The molecule has 0 radical (unpaired) electrons. The molecule has 0 amide bonds. The van der Waals surface area contributed by atoms with Gasteiger partial charge in [0.1, 0.15) is 0 Å². The van der Waals surface area contributed by atoms with Crippen molar-refractivity contribution < 1.29 is 5.11 Å². The van der Waals surface area contributed by atoms with Crippen LogP contribution in [-0.4, -0.2) is 23.8 Å². The summed E-state index contributed by atoms with van der Waals surface area (Å²) >= 11 is 0. The second-order valence-corrected chi connectivity index (χ2v) is 6.84. The summed E-state index contributed by atoms with van der Waals surface area (Å²) in [4.78, 5) is 2.51. The van der Waals surface area contributed by atoms with Gasteiger partial charge in [0.25, 0.3) is 0 Å². The Labute approximate surface area is 117 Å². The summed E-state index contributed by atoms with van der Waals surface area (Å²) in [6, 6.07) is 6.60. The van der Waals surface area contributed by atoms with Gasteiger partial charge in [-0.2, -0.15) is 0 Å². The number of aryl methyl sites for hydroxylation is 1. The molecule has 1 aromatic carbocycles. The molecule has 1 aromatic rings. The monoisotopic (exact) mass is 261 g/mol. The van der Waals surface area contributed by atoms with Crippen LogP contribution in [0.1, 0.15) is 51.2 Å². The molecule has 1 atom stereocenters. The van der Waals surface area contributed by atoms with Crippen molar-refractivity contribution in [2.24, 2.45) is 5.92 Å². The number of anilines is 1. The Morgan fingerprint density at radius 3 is 2.58 bits per heavy atom. The van der Waals surface area contributed by atoms with E-state index in [0.29, 0.717) is 18.4 Å². The predicted octanol–water partition coefficient (Wildman–Crippen LogP) is 3.72. The van der Waals surface area contributed by atoms with Crippen LogP contribution in [0.3, 0.4) is 0 Å². The van der Waals surface area contributed by atoms with Gasteiger partial charge in [-0.3, -0.25) is 0 Å². The molecule has 1 N–H and O–H groups in total. The number of rotatable bonds is 3. The molecule has 1 heterocycles. The lowest BCUT2D eigenvalue weighted by Crippen LogP contribution is -2.39. The van der Waals surface area contributed by atoms with Crippen LogP contribution in [0.15, 0.2) is 18.2 Å². The Morgan fingerprint density at radius 2 is 2.05 bits per heavy atom. The third-order valence-electron chi connectivity index (χ3n) is 4.38. The Hall–Kier alpha value is -1.02. The van der Waals surface area contributed by atoms with Crippen LogP contribution in [0.4, 0.5) is 5.69 Å². The number of hydrogen-bond acceptors (Lipinski definition) is 2. The van der Waals surface area contributed by atoms with Gasteiger partial charge < -0.3 is 10.0 Å². The minimum atomic E-state index is 0.128. The number of aliphatic hydroxyl groups is 1. The van der Waals surface area contributed by atoms with E-state index in [1.807, 2.05) is 0 Å². The van der Waals surface area contributed by atoms with Crippen LogP contribution < -0.4 is 4.90 Å². The molecule has 106 valence electrons. The number of benzene rings is 1. The highest BCUT2D eigenvalue weighted by molar-refractivity contribution is 5.62. The first-order valence-electron chi connectivity index (χ1n) is 7.35. The number of nitrogens with zero attached hydrogens (tertiary/aromatic N) is 1. The van der Waals surface area contributed by atoms with Crippen LogP contribution in [-0.2, 0) is 0 Å². The number of aliphatic hydroxyl groups excluding tert-OH is 1. The van der Waals surface area contributed by atoms with Crippen molar-refractivity contribution in [3.8, 4) is 0 Å². The summed E-state index contributed by atoms with van der Waals surface area (Å²) < 4.78 is 0. The summed E-state index contributed by atoms with van der Waals surface area (Å²) in [5.41, 5.74) is 4.28. The number of para-hydroxylation sites is 1.